The van der Waals surface area contributed by atoms with Crippen LogP contribution < -0.4 is 0 Å². The quantitative estimate of drug-likeness (QED) is 0.616. The molecule has 1 fully saturated rings. The molecule has 16 heavy (non-hydrogen) atoms. The molecule has 0 aromatic carbocycles. The lowest BCUT2D eigenvalue weighted by Gasteiger charge is -2.24. The van der Waals surface area contributed by atoms with Gasteiger partial charge in [0, 0.05) is 39.7 Å². The average Bonchev–Trinajstić information content (AvgIpc) is 2.81. The Bertz CT molecular complexity index is 209. The van der Waals surface area contributed by atoms with Crippen molar-refractivity contribution in [2.24, 2.45) is 0 Å². The van der Waals surface area contributed by atoms with E-state index in [2.05, 4.69) is 15.9 Å². The first kappa shape index (κ1) is 13.4. The highest BCUT2D eigenvalue weighted by Gasteiger charge is 2.12. The molecule has 0 aromatic heterocycles. The lowest BCUT2D eigenvalue weighted by atomic mass is 10.3. The van der Waals surface area contributed by atoms with Gasteiger partial charge in [0.25, 0.3) is 0 Å². The maximum Gasteiger partial charge on any atom is 0.0635 e. The van der Waals surface area contributed by atoms with Gasteiger partial charge in [-0.25, -0.2) is 0 Å². The summed E-state index contributed by atoms with van der Waals surface area (Å²) >= 11 is 0. The first-order valence-corrected chi connectivity index (χ1v) is 6.17. The monoisotopic (exact) mass is 225 g/mol. The Labute approximate surface area is 98.8 Å². The molecule has 0 bridgehead atoms. The van der Waals surface area contributed by atoms with Gasteiger partial charge >= 0.3 is 0 Å². The highest BCUT2D eigenvalue weighted by molar-refractivity contribution is 4.74. The molecule has 0 radical (unpaired) electrons. The molecule has 1 rings (SSSR count). The Balaban J connectivity index is 2.16. The van der Waals surface area contributed by atoms with Gasteiger partial charge in [0.05, 0.1) is 12.7 Å². The van der Waals surface area contributed by atoms with Gasteiger partial charge in [-0.2, -0.15) is 5.26 Å². The van der Waals surface area contributed by atoms with E-state index in [4.69, 9.17) is 10.00 Å². The van der Waals surface area contributed by atoms with E-state index in [1.165, 1.54) is 25.9 Å². The third kappa shape index (κ3) is 5.45. The van der Waals surface area contributed by atoms with Crippen molar-refractivity contribution in [1.29, 1.82) is 5.26 Å². The Morgan fingerprint density at radius 2 is 2.00 bits per heavy atom. The number of methoxy groups -OCH3 is 1. The fourth-order valence-corrected chi connectivity index (χ4v) is 2.05. The lowest BCUT2D eigenvalue weighted by Crippen LogP contribution is -2.36. The smallest absolute Gasteiger partial charge is 0.0635 e. The molecule has 1 heterocycles. The number of nitriles is 1. The van der Waals surface area contributed by atoms with Crippen LogP contribution in [-0.2, 0) is 4.74 Å². The molecule has 0 aromatic rings. The number of hydrogen-bond donors (Lipinski definition) is 0. The molecule has 4 heteroatoms. The Kier molecular flexibility index (Phi) is 7.15. The highest BCUT2D eigenvalue weighted by atomic mass is 16.5. The Hall–Kier alpha value is -0.630. The maximum atomic E-state index is 8.60. The van der Waals surface area contributed by atoms with Gasteiger partial charge in [0.2, 0.25) is 0 Å². The van der Waals surface area contributed by atoms with Crippen molar-refractivity contribution >= 4 is 0 Å². The fourth-order valence-electron chi connectivity index (χ4n) is 2.05. The standard InChI is InChI=1S/C12H23N3O/c1-16-12-11-15(8-4-5-13)10-9-14-6-2-3-7-14/h2-4,6-12H2,1H3. The molecule has 1 aliphatic heterocycles. The summed E-state index contributed by atoms with van der Waals surface area (Å²) in [6, 6.07) is 2.21. The third-order valence-electron chi connectivity index (χ3n) is 3.08. The highest BCUT2D eigenvalue weighted by Crippen LogP contribution is 2.06. The molecule has 1 aliphatic rings. The largest absolute Gasteiger partial charge is 0.383 e. The Morgan fingerprint density at radius 1 is 1.25 bits per heavy atom. The van der Waals surface area contributed by atoms with Gasteiger partial charge in [-0.1, -0.05) is 0 Å². The van der Waals surface area contributed by atoms with Crippen molar-refractivity contribution in [2.75, 3.05) is 53.0 Å². The van der Waals surface area contributed by atoms with Gasteiger partial charge < -0.3 is 9.64 Å². The minimum Gasteiger partial charge on any atom is -0.383 e. The normalized spacial score (nSPS) is 16.8. The minimum atomic E-state index is 0.615. The summed E-state index contributed by atoms with van der Waals surface area (Å²) in [6.07, 6.45) is 3.30. The first-order chi connectivity index (χ1) is 7.86. The van der Waals surface area contributed by atoms with E-state index in [1.54, 1.807) is 7.11 Å². The van der Waals surface area contributed by atoms with Crippen molar-refractivity contribution in [3.63, 3.8) is 0 Å². The summed E-state index contributed by atoms with van der Waals surface area (Å²) in [7, 11) is 1.73. The molecule has 0 atom stereocenters. The van der Waals surface area contributed by atoms with E-state index < -0.39 is 0 Å². The zero-order valence-electron chi connectivity index (χ0n) is 10.3. The predicted octanol–water partition coefficient (Wildman–Crippen LogP) is 0.944. The van der Waals surface area contributed by atoms with E-state index in [-0.39, 0.29) is 0 Å². The van der Waals surface area contributed by atoms with Gasteiger partial charge in [0.15, 0.2) is 0 Å². The molecule has 4 nitrogen and oxygen atoms in total. The van der Waals surface area contributed by atoms with Crippen LogP contribution >= 0.6 is 0 Å². The molecule has 0 aliphatic carbocycles. The number of hydrogen-bond acceptors (Lipinski definition) is 4. The van der Waals surface area contributed by atoms with Crippen LogP contribution in [0.25, 0.3) is 0 Å². The lowest BCUT2D eigenvalue weighted by molar-refractivity contribution is 0.141. The Morgan fingerprint density at radius 3 is 2.62 bits per heavy atom. The number of nitrogens with zero attached hydrogens (tertiary/aromatic N) is 3. The zero-order chi connectivity index (χ0) is 11.6. The van der Waals surface area contributed by atoms with Crippen molar-refractivity contribution in [3.8, 4) is 6.07 Å². The molecule has 1 saturated heterocycles. The van der Waals surface area contributed by atoms with E-state index in [1.807, 2.05) is 0 Å². The minimum absolute atomic E-state index is 0.615. The summed E-state index contributed by atoms with van der Waals surface area (Å²) in [5, 5.41) is 8.60. The molecule has 0 saturated carbocycles. The second-order valence-corrected chi connectivity index (χ2v) is 4.29. The van der Waals surface area contributed by atoms with Crippen molar-refractivity contribution in [2.45, 2.75) is 19.3 Å². The van der Waals surface area contributed by atoms with E-state index in [0.717, 1.165) is 32.8 Å². The average molecular weight is 225 g/mol. The van der Waals surface area contributed by atoms with E-state index in [9.17, 15) is 0 Å². The zero-order valence-corrected chi connectivity index (χ0v) is 10.3. The van der Waals surface area contributed by atoms with Gasteiger partial charge in [-0.05, 0) is 25.9 Å². The predicted molar refractivity (Wildman–Crippen MR) is 64.2 cm³/mol. The maximum absolute atomic E-state index is 8.60. The van der Waals surface area contributed by atoms with Crippen LogP contribution in [0.15, 0.2) is 0 Å². The number of ether oxygens (including phenoxy) is 1. The van der Waals surface area contributed by atoms with Crippen LogP contribution in [0, 0.1) is 11.3 Å². The molecule has 0 amide bonds. The number of likely N-dealkylation sites (tertiary alicyclic amines) is 1. The molecule has 92 valence electrons. The van der Waals surface area contributed by atoms with Gasteiger partial charge in [-0.3, -0.25) is 4.90 Å². The molecule has 0 spiro atoms. The second kappa shape index (κ2) is 8.51. The fraction of sp³-hybridized carbons (Fsp3) is 0.917. The van der Waals surface area contributed by atoms with Crippen LogP contribution in [0.3, 0.4) is 0 Å². The summed E-state index contributed by atoms with van der Waals surface area (Å²) < 4.78 is 5.09. The molecule has 0 unspecified atom stereocenters. The van der Waals surface area contributed by atoms with Crippen LogP contribution in [0.1, 0.15) is 19.3 Å². The third-order valence-corrected chi connectivity index (χ3v) is 3.08. The summed E-state index contributed by atoms with van der Waals surface area (Å²) in [5.74, 6) is 0. The molecular weight excluding hydrogens is 202 g/mol. The van der Waals surface area contributed by atoms with Crippen LogP contribution in [0.2, 0.25) is 0 Å². The number of rotatable bonds is 8. The molecule has 0 N–H and O–H groups in total. The van der Waals surface area contributed by atoms with Crippen molar-refractivity contribution < 1.29 is 4.74 Å². The van der Waals surface area contributed by atoms with E-state index >= 15 is 0 Å². The second-order valence-electron chi connectivity index (χ2n) is 4.29. The first-order valence-electron chi connectivity index (χ1n) is 6.17. The van der Waals surface area contributed by atoms with Crippen molar-refractivity contribution in [3.05, 3.63) is 0 Å². The van der Waals surface area contributed by atoms with Crippen LogP contribution in [-0.4, -0.2) is 62.8 Å². The van der Waals surface area contributed by atoms with Crippen LogP contribution in [0.5, 0.6) is 0 Å². The van der Waals surface area contributed by atoms with Gasteiger partial charge in [-0.15, -0.1) is 0 Å². The molecular formula is C12H23N3O. The topological polar surface area (TPSA) is 39.5 Å². The summed E-state index contributed by atoms with van der Waals surface area (Å²) in [5.41, 5.74) is 0. The summed E-state index contributed by atoms with van der Waals surface area (Å²) in [4.78, 5) is 4.83. The van der Waals surface area contributed by atoms with Gasteiger partial charge in [0.1, 0.15) is 0 Å². The van der Waals surface area contributed by atoms with E-state index in [0.29, 0.717) is 6.42 Å². The van der Waals surface area contributed by atoms with Crippen molar-refractivity contribution in [1.82, 2.24) is 9.80 Å². The summed E-state index contributed by atoms with van der Waals surface area (Å²) in [6.45, 7) is 7.25. The van der Waals surface area contributed by atoms with Crippen LogP contribution in [0.4, 0.5) is 0 Å². The SMILES string of the molecule is COCCN(CCC#N)CCN1CCCC1.